The number of rotatable bonds is 7. The van der Waals surface area contributed by atoms with Crippen LogP contribution in [0.2, 0.25) is 0 Å². The van der Waals surface area contributed by atoms with Gasteiger partial charge in [0.25, 0.3) is 0 Å². The molecule has 0 atom stereocenters. The minimum absolute atomic E-state index is 0. The Morgan fingerprint density at radius 2 is 1.47 bits per heavy atom. The fourth-order valence-electron chi connectivity index (χ4n) is 0.932. The van der Waals surface area contributed by atoms with E-state index < -0.39 is 5.97 Å². The third kappa shape index (κ3) is 31.4. The Morgan fingerprint density at radius 1 is 1.07 bits per heavy atom. The molecule has 0 fully saturated rings. The predicted octanol–water partition coefficient (Wildman–Crippen LogP) is 4.59. The first-order valence-corrected chi connectivity index (χ1v) is 7.07. The van der Waals surface area contributed by atoms with Crippen LogP contribution >= 0.6 is 9.42 Å². The van der Waals surface area contributed by atoms with Crippen molar-refractivity contribution >= 4 is 15.4 Å². The molecule has 0 saturated carbocycles. The summed E-state index contributed by atoms with van der Waals surface area (Å²) in [6, 6.07) is 0. The van der Waals surface area contributed by atoms with Crippen LogP contribution in [0.1, 0.15) is 38.5 Å². The number of unbranched alkanes of at least 4 members (excludes halogenated alkanes) is 4. The normalized spacial score (nSPS) is 7.73. The van der Waals surface area contributed by atoms with Crippen LogP contribution in [-0.2, 0) is 23.6 Å². The van der Waals surface area contributed by atoms with Crippen LogP contribution in [0.4, 0.5) is 0 Å². The smallest absolute Gasteiger partial charge is 0.303 e. The summed E-state index contributed by atoms with van der Waals surface area (Å²) in [6.45, 7) is 0.499. The van der Waals surface area contributed by atoms with Crippen molar-refractivity contribution in [1.82, 2.24) is 0 Å². The van der Waals surface area contributed by atoms with Gasteiger partial charge < -0.3 is 23.1 Å². The molecule has 0 amide bonds. The molecule has 0 heterocycles. The minimum atomic E-state index is -0.703. The van der Waals surface area contributed by atoms with Crippen molar-refractivity contribution in [3.05, 3.63) is 18.0 Å². The van der Waals surface area contributed by atoms with Crippen LogP contribution in [0.3, 0.4) is 0 Å². The summed E-state index contributed by atoms with van der Waals surface area (Å²) < 4.78 is 0. The van der Waals surface area contributed by atoms with Gasteiger partial charge in [-0.15, -0.1) is 0 Å². The number of hydrogen-bond acceptors (Lipinski definition) is 1. The van der Waals surface area contributed by atoms with E-state index in [2.05, 4.69) is 9.42 Å². The molecule has 0 saturated heterocycles. The van der Waals surface area contributed by atoms with Crippen molar-refractivity contribution in [3.63, 3.8) is 0 Å². The van der Waals surface area contributed by atoms with Crippen molar-refractivity contribution in [2.45, 2.75) is 38.5 Å². The zero-order chi connectivity index (χ0) is 10.5. The number of carboxylic acids is 1. The van der Waals surface area contributed by atoms with Crippen LogP contribution in [0.15, 0.2) is 0 Å². The zero-order valence-corrected chi connectivity index (χ0v) is 11.7. The Morgan fingerprint density at radius 3 is 1.87 bits per heavy atom. The second-order valence-corrected chi connectivity index (χ2v) is 2.66. The standard InChI is InChI=1S/C8H16NO2.ClH.2H2N.Pt/c9-7-5-3-1-2-4-6-8(10)11;;;;/h9H,1-7H2,(H,10,11);1H;2*1H2;/q-1;;2*-1;+1/p-1. The topological polar surface area (TPSA) is 128 Å². The molecule has 5 nitrogen and oxygen atoms in total. The first kappa shape index (κ1) is 24.5. The Bertz CT molecular complexity index is 120. The van der Waals surface area contributed by atoms with E-state index in [0.29, 0.717) is 13.0 Å². The van der Waals surface area contributed by atoms with Gasteiger partial charge in [0.15, 0.2) is 0 Å². The van der Waals surface area contributed by atoms with E-state index >= 15 is 0 Å². The second-order valence-electron chi connectivity index (χ2n) is 2.66. The van der Waals surface area contributed by atoms with Gasteiger partial charge in [-0.1, -0.05) is 25.7 Å². The summed E-state index contributed by atoms with van der Waals surface area (Å²) >= 11 is 1.61. The van der Waals surface area contributed by atoms with E-state index in [4.69, 9.17) is 10.8 Å². The van der Waals surface area contributed by atoms with Gasteiger partial charge in [-0.25, -0.2) is 0 Å². The molecular weight excluding hydrogens is 401 g/mol. The molecule has 7 heteroatoms. The maximum Gasteiger partial charge on any atom is 0.303 e. The van der Waals surface area contributed by atoms with E-state index in [1.54, 1.807) is 18.8 Å². The van der Waals surface area contributed by atoms with Crippen molar-refractivity contribution in [2.24, 2.45) is 0 Å². The number of carboxylic acid groups (broad SMARTS) is 1. The molecule has 15 heavy (non-hydrogen) atoms. The molecule has 6 N–H and O–H groups in total. The molecule has 0 aliphatic carbocycles. The summed E-state index contributed by atoms with van der Waals surface area (Å²) in [5.74, 6) is -0.703. The number of halogens is 1. The average Bonchev–Trinajstić information content (AvgIpc) is 2.14. The molecule has 0 aromatic rings. The van der Waals surface area contributed by atoms with Crippen molar-refractivity contribution < 1.29 is 28.7 Å². The molecule has 0 aliphatic rings. The van der Waals surface area contributed by atoms with Gasteiger partial charge in [0.1, 0.15) is 0 Å². The molecule has 0 aliphatic heterocycles. The van der Waals surface area contributed by atoms with Gasteiger partial charge in [-0.2, -0.15) is 6.54 Å². The van der Waals surface area contributed by atoms with Crippen molar-refractivity contribution in [2.75, 3.05) is 6.54 Å². The fourth-order valence-corrected chi connectivity index (χ4v) is 0.932. The third-order valence-electron chi connectivity index (χ3n) is 1.57. The van der Waals surface area contributed by atoms with E-state index in [0.717, 1.165) is 32.1 Å². The van der Waals surface area contributed by atoms with Crippen LogP contribution < -0.4 is 0 Å². The zero-order valence-electron chi connectivity index (χ0n) is 8.65. The van der Waals surface area contributed by atoms with Gasteiger partial charge in [-0.3, -0.25) is 4.79 Å². The Hall–Kier alpha value is 0.328. The quantitative estimate of drug-likeness (QED) is 0.604. The van der Waals surface area contributed by atoms with Crippen molar-refractivity contribution in [1.29, 1.82) is 0 Å². The monoisotopic (exact) mass is 420 g/mol. The minimum Gasteiger partial charge on any atom is -0.693 e. The molecule has 0 bridgehead atoms. The van der Waals surface area contributed by atoms with Crippen molar-refractivity contribution in [3.8, 4) is 0 Å². The van der Waals surface area contributed by atoms with Gasteiger partial charge in [0.2, 0.25) is 0 Å². The van der Waals surface area contributed by atoms with Crippen LogP contribution in [0.25, 0.3) is 18.0 Å². The third-order valence-corrected chi connectivity index (χ3v) is 1.57. The second kappa shape index (κ2) is 23.9. The molecule has 0 aromatic heterocycles. The summed E-state index contributed by atoms with van der Waals surface area (Å²) in [6.07, 6.45) is 5.17. The number of aliphatic carboxylic acids is 1. The molecule has 0 aromatic carbocycles. The molecule has 0 radical (unpaired) electrons. The predicted molar refractivity (Wildman–Crippen MR) is 60.9 cm³/mol. The first-order valence-electron chi connectivity index (χ1n) is 4.25. The number of nitrogens with one attached hydrogen (secondary N) is 1. The first-order chi connectivity index (χ1) is 6.27. The Balaban J connectivity index is -0.000000142. The van der Waals surface area contributed by atoms with E-state index in [9.17, 15) is 4.79 Å². The van der Waals surface area contributed by atoms with Crippen LogP contribution in [-0.4, -0.2) is 17.6 Å². The maximum atomic E-state index is 10.1. The Labute approximate surface area is 107 Å². The van der Waals surface area contributed by atoms with Gasteiger partial charge in [0.05, 0.1) is 0 Å². The van der Waals surface area contributed by atoms with Gasteiger partial charge in [-0.05, 0) is 6.42 Å². The molecule has 99 valence electrons. The summed E-state index contributed by atoms with van der Waals surface area (Å²) in [5.41, 5.74) is 6.86. The SMILES string of the molecule is [Cl][Pt].[NH-]CCCCCCCC(=O)O.[NH2-].[NH2-]. The largest absolute Gasteiger partial charge is 0.693 e. The molecule has 0 unspecified atom stereocenters. The van der Waals surface area contributed by atoms with E-state index in [1.165, 1.54) is 0 Å². The number of hydrogen-bond donors (Lipinski definition) is 1. The maximum absolute atomic E-state index is 10.1. The van der Waals surface area contributed by atoms with E-state index in [-0.39, 0.29) is 12.3 Å². The molecular formula is C8H20ClN3O2Pt-3. The fraction of sp³-hybridized carbons (Fsp3) is 0.875. The molecule has 0 spiro atoms. The molecule has 0 rings (SSSR count). The van der Waals surface area contributed by atoms with E-state index in [1.807, 2.05) is 0 Å². The summed E-state index contributed by atoms with van der Waals surface area (Å²) in [7, 11) is 4.61. The van der Waals surface area contributed by atoms with Gasteiger partial charge >= 0.3 is 34.2 Å². The summed E-state index contributed by atoms with van der Waals surface area (Å²) in [4.78, 5) is 10.1. The number of carbonyl (C=O) groups is 1. The average molecular weight is 421 g/mol. The van der Waals surface area contributed by atoms with Crippen LogP contribution in [0, 0.1) is 0 Å². The van der Waals surface area contributed by atoms with Gasteiger partial charge in [0, 0.05) is 6.42 Å². The Kier molecular flexibility index (Phi) is 39.0. The summed E-state index contributed by atoms with van der Waals surface area (Å²) in [5, 5.41) is 8.29. The number of nitrogens with two attached hydrogens (primary N) is 2. The van der Waals surface area contributed by atoms with Crippen LogP contribution in [0.5, 0.6) is 0 Å².